The lowest BCUT2D eigenvalue weighted by molar-refractivity contribution is 0.0362. The minimum atomic E-state index is -0.104. The van der Waals surface area contributed by atoms with Gasteiger partial charge in [-0.25, -0.2) is 0 Å². The van der Waals surface area contributed by atoms with Crippen LogP contribution in [0.15, 0.2) is 6.07 Å². The minimum Gasteiger partial charge on any atom is -0.396 e. The topological polar surface area (TPSA) is 40.5 Å². The van der Waals surface area contributed by atoms with E-state index in [1.165, 1.54) is 11.3 Å². The van der Waals surface area contributed by atoms with Crippen LogP contribution < -0.4 is 0 Å². The summed E-state index contributed by atoms with van der Waals surface area (Å²) in [6, 6.07) is 1.59. The molecule has 1 aromatic rings. The summed E-state index contributed by atoms with van der Waals surface area (Å²) in [5.74, 6) is 0.106. The smallest absolute Gasteiger partial charge is 0.256 e. The van der Waals surface area contributed by atoms with Crippen molar-refractivity contribution in [3.8, 4) is 0 Å². The quantitative estimate of drug-likeness (QED) is 0.890. The van der Waals surface area contributed by atoms with E-state index >= 15 is 0 Å². The summed E-state index contributed by atoms with van der Waals surface area (Å²) in [7, 11) is 0. The highest BCUT2D eigenvalue weighted by atomic mass is 35.5. The van der Waals surface area contributed by atoms with E-state index < -0.39 is 0 Å². The van der Waals surface area contributed by atoms with Crippen molar-refractivity contribution < 1.29 is 9.90 Å². The van der Waals surface area contributed by atoms with Gasteiger partial charge in [-0.05, 0) is 6.07 Å². The Morgan fingerprint density at radius 2 is 2.27 bits per heavy atom. The van der Waals surface area contributed by atoms with E-state index in [1.807, 2.05) is 0 Å². The van der Waals surface area contributed by atoms with Crippen molar-refractivity contribution in [2.75, 3.05) is 19.7 Å². The van der Waals surface area contributed by atoms with Crippen LogP contribution in [0.4, 0.5) is 0 Å². The zero-order valence-electron chi connectivity index (χ0n) is 7.74. The molecule has 2 heterocycles. The largest absolute Gasteiger partial charge is 0.396 e. The van der Waals surface area contributed by atoms with Crippen LogP contribution in [0.5, 0.6) is 0 Å². The third-order valence-corrected chi connectivity index (χ3v) is 3.88. The van der Waals surface area contributed by atoms with Crippen LogP contribution in [0.3, 0.4) is 0 Å². The fourth-order valence-corrected chi connectivity index (χ4v) is 2.96. The van der Waals surface area contributed by atoms with E-state index in [0.717, 1.165) is 0 Å². The lowest BCUT2D eigenvalue weighted by Crippen LogP contribution is -2.51. The van der Waals surface area contributed by atoms with E-state index in [0.29, 0.717) is 27.3 Å². The molecule has 1 aliphatic heterocycles. The summed E-state index contributed by atoms with van der Waals surface area (Å²) in [5, 5.41) is 8.83. The van der Waals surface area contributed by atoms with Gasteiger partial charge in [-0.15, -0.1) is 11.3 Å². The lowest BCUT2D eigenvalue weighted by Gasteiger charge is -2.38. The molecule has 0 saturated carbocycles. The maximum atomic E-state index is 11.8. The number of likely N-dealkylation sites (tertiary alicyclic amines) is 1. The first kappa shape index (κ1) is 11.2. The molecule has 1 aromatic heterocycles. The van der Waals surface area contributed by atoms with Gasteiger partial charge in [0.15, 0.2) is 0 Å². The predicted molar refractivity (Wildman–Crippen MR) is 60.8 cm³/mol. The second-order valence-corrected chi connectivity index (χ2v) is 5.78. The molecule has 6 heteroatoms. The fraction of sp³-hybridized carbons (Fsp3) is 0.444. The predicted octanol–water partition coefficient (Wildman–Crippen LogP) is 2.12. The average molecular weight is 266 g/mol. The minimum absolute atomic E-state index is 0.104. The maximum Gasteiger partial charge on any atom is 0.256 e. The number of thiophene rings is 1. The molecule has 0 unspecified atom stereocenters. The first-order valence-electron chi connectivity index (χ1n) is 4.46. The Labute approximate surface area is 101 Å². The number of nitrogens with zero attached hydrogens (tertiary/aromatic N) is 1. The lowest BCUT2D eigenvalue weighted by atomic mass is 10.0. The summed E-state index contributed by atoms with van der Waals surface area (Å²) >= 11 is 12.8. The Hall–Kier alpha value is -0.290. The van der Waals surface area contributed by atoms with Gasteiger partial charge in [-0.2, -0.15) is 0 Å². The van der Waals surface area contributed by atoms with Gasteiger partial charge in [-0.3, -0.25) is 4.79 Å². The average Bonchev–Trinajstić information content (AvgIpc) is 2.43. The van der Waals surface area contributed by atoms with Crippen LogP contribution in [-0.2, 0) is 0 Å². The zero-order valence-corrected chi connectivity index (χ0v) is 10.1. The van der Waals surface area contributed by atoms with Gasteiger partial charge in [-0.1, -0.05) is 23.2 Å². The highest BCUT2D eigenvalue weighted by Gasteiger charge is 2.32. The Morgan fingerprint density at radius 1 is 1.60 bits per heavy atom. The molecule has 3 nitrogen and oxygen atoms in total. The number of rotatable bonds is 2. The van der Waals surface area contributed by atoms with Crippen molar-refractivity contribution in [1.29, 1.82) is 0 Å². The summed E-state index contributed by atoms with van der Waals surface area (Å²) < 4.78 is 0.944. The van der Waals surface area contributed by atoms with E-state index in [1.54, 1.807) is 11.0 Å². The van der Waals surface area contributed by atoms with E-state index in [-0.39, 0.29) is 18.4 Å². The van der Waals surface area contributed by atoms with E-state index in [4.69, 9.17) is 28.3 Å². The van der Waals surface area contributed by atoms with Gasteiger partial charge in [0.25, 0.3) is 5.91 Å². The first-order valence-corrected chi connectivity index (χ1v) is 6.04. The summed E-state index contributed by atoms with van der Waals surface area (Å²) in [6.07, 6.45) is 0. The highest BCUT2D eigenvalue weighted by molar-refractivity contribution is 7.20. The maximum absolute atomic E-state index is 11.8. The van der Waals surface area contributed by atoms with E-state index in [9.17, 15) is 4.79 Å². The fourth-order valence-electron chi connectivity index (χ4n) is 1.51. The molecule has 0 aromatic carbocycles. The molecular formula is C9H9Cl2NO2S. The van der Waals surface area contributed by atoms with Crippen LogP contribution in [0.1, 0.15) is 10.4 Å². The van der Waals surface area contributed by atoms with Gasteiger partial charge in [0.1, 0.15) is 4.34 Å². The number of aliphatic hydroxyl groups excluding tert-OH is 1. The number of halogens is 2. The molecule has 1 amide bonds. The van der Waals surface area contributed by atoms with Crippen molar-refractivity contribution in [1.82, 2.24) is 4.90 Å². The van der Waals surface area contributed by atoms with Crippen molar-refractivity contribution in [3.05, 3.63) is 20.3 Å². The molecular weight excluding hydrogens is 257 g/mol. The molecule has 2 rings (SSSR count). The zero-order chi connectivity index (χ0) is 11.0. The molecule has 15 heavy (non-hydrogen) atoms. The second-order valence-electron chi connectivity index (χ2n) is 3.50. The molecule has 0 radical (unpaired) electrons. The van der Waals surface area contributed by atoms with Gasteiger partial charge in [0, 0.05) is 25.6 Å². The van der Waals surface area contributed by atoms with Crippen molar-refractivity contribution >= 4 is 40.4 Å². The first-order chi connectivity index (χ1) is 7.11. The molecule has 0 atom stereocenters. The SMILES string of the molecule is O=C(c1cc(Cl)sc1Cl)N1CC(CO)C1. The van der Waals surface area contributed by atoms with Crippen molar-refractivity contribution in [2.24, 2.45) is 5.92 Å². The highest BCUT2D eigenvalue weighted by Crippen LogP contribution is 2.33. The second kappa shape index (κ2) is 4.29. The van der Waals surface area contributed by atoms with Crippen LogP contribution in [0, 0.1) is 5.92 Å². The number of carbonyl (C=O) groups is 1. The molecule has 0 aliphatic carbocycles. The summed E-state index contributed by atoms with van der Waals surface area (Å²) in [4.78, 5) is 13.5. The number of carbonyl (C=O) groups excluding carboxylic acids is 1. The van der Waals surface area contributed by atoms with Gasteiger partial charge in [0.2, 0.25) is 0 Å². The molecule has 1 N–H and O–H groups in total. The molecule has 0 spiro atoms. The van der Waals surface area contributed by atoms with Crippen molar-refractivity contribution in [3.63, 3.8) is 0 Å². The van der Waals surface area contributed by atoms with Gasteiger partial charge < -0.3 is 10.0 Å². The number of amides is 1. The molecule has 82 valence electrons. The Kier molecular flexibility index (Phi) is 3.21. The summed E-state index contributed by atoms with van der Waals surface area (Å²) in [6.45, 7) is 1.32. The normalized spacial score (nSPS) is 16.6. The molecule has 1 saturated heterocycles. The molecule has 1 aliphatic rings. The third kappa shape index (κ3) is 2.13. The Bertz CT molecular complexity index is 387. The number of aliphatic hydroxyl groups is 1. The standard InChI is InChI=1S/C9H9Cl2NO2S/c10-7-1-6(8(11)15-7)9(14)12-2-5(3-12)4-13/h1,5,13H,2-4H2. The number of hydrogen-bond donors (Lipinski definition) is 1. The Balaban J connectivity index is 2.06. The van der Waals surface area contributed by atoms with Crippen LogP contribution in [0.25, 0.3) is 0 Å². The third-order valence-electron chi connectivity index (χ3n) is 2.39. The monoisotopic (exact) mass is 265 g/mol. The van der Waals surface area contributed by atoms with Gasteiger partial charge in [0.05, 0.1) is 9.90 Å². The van der Waals surface area contributed by atoms with Crippen LogP contribution in [0.2, 0.25) is 8.67 Å². The number of hydrogen-bond acceptors (Lipinski definition) is 3. The molecule has 1 fully saturated rings. The van der Waals surface area contributed by atoms with E-state index in [2.05, 4.69) is 0 Å². The molecule has 0 bridgehead atoms. The Morgan fingerprint density at radius 3 is 2.73 bits per heavy atom. The van der Waals surface area contributed by atoms with Crippen molar-refractivity contribution in [2.45, 2.75) is 0 Å². The van der Waals surface area contributed by atoms with Crippen LogP contribution >= 0.6 is 34.5 Å². The van der Waals surface area contributed by atoms with Gasteiger partial charge >= 0.3 is 0 Å². The van der Waals surface area contributed by atoms with Crippen LogP contribution in [-0.4, -0.2) is 35.6 Å². The summed E-state index contributed by atoms with van der Waals surface area (Å²) in [5.41, 5.74) is 0.461.